The number of pyridine rings is 1. The average Bonchev–Trinajstić information content (AvgIpc) is 2.66. The van der Waals surface area contributed by atoms with E-state index in [1.54, 1.807) is 6.07 Å². The zero-order valence-corrected chi connectivity index (χ0v) is 15.2. The molecular formula is C17H12ClF3N4O4. The van der Waals surface area contributed by atoms with E-state index < -0.39 is 28.7 Å². The summed E-state index contributed by atoms with van der Waals surface area (Å²) < 4.78 is 43.1. The van der Waals surface area contributed by atoms with Crippen molar-refractivity contribution in [3.63, 3.8) is 0 Å². The monoisotopic (exact) mass is 428 g/mol. The van der Waals surface area contributed by atoms with Gasteiger partial charge in [0.1, 0.15) is 11.9 Å². The van der Waals surface area contributed by atoms with Gasteiger partial charge in [0.2, 0.25) is 0 Å². The van der Waals surface area contributed by atoms with Gasteiger partial charge in [0.15, 0.2) is 0 Å². The second kappa shape index (κ2) is 9.20. The SMILES string of the molecule is N#CC[C@H](CNc1ncc(C(F)(F)F)cc1Cl)OC(=O)c1cccc([N+](=O)[O-])c1. The van der Waals surface area contributed by atoms with Gasteiger partial charge in [0.05, 0.1) is 40.1 Å². The van der Waals surface area contributed by atoms with Crippen LogP contribution in [0.25, 0.3) is 0 Å². The number of rotatable bonds is 7. The largest absolute Gasteiger partial charge is 0.456 e. The third-order valence-corrected chi connectivity index (χ3v) is 3.84. The lowest BCUT2D eigenvalue weighted by molar-refractivity contribution is -0.384. The van der Waals surface area contributed by atoms with Crippen LogP contribution in [-0.2, 0) is 10.9 Å². The van der Waals surface area contributed by atoms with E-state index in [0.29, 0.717) is 12.3 Å². The van der Waals surface area contributed by atoms with Crippen LogP contribution in [0.5, 0.6) is 0 Å². The summed E-state index contributed by atoms with van der Waals surface area (Å²) in [6.45, 7) is -0.174. The van der Waals surface area contributed by atoms with Gasteiger partial charge in [-0.05, 0) is 12.1 Å². The van der Waals surface area contributed by atoms with Crippen LogP contribution in [0.2, 0.25) is 5.02 Å². The molecule has 0 spiro atoms. The van der Waals surface area contributed by atoms with Crippen molar-refractivity contribution in [1.82, 2.24) is 4.98 Å². The minimum absolute atomic E-state index is 0.0889. The normalized spacial score (nSPS) is 12.0. The molecular weight excluding hydrogens is 417 g/mol. The number of hydrogen-bond donors (Lipinski definition) is 1. The van der Waals surface area contributed by atoms with Crippen molar-refractivity contribution in [3.8, 4) is 6.07 Å². The summed E-state index contributed by atoms with van der Waals surface area (Å²) in [7, 11) is 0. The Hall–Kier alpha value is -3.39. The number of nitrogens with one attached hydrogen (secondary N) is 1. The molecule has 2 rings (SSSR count). The number of nitro benzene ring substituents is 1. The first-order valence-electron chi connectivity index (χ1n) is 7.91. The highest BCUT2D eigenvalue weighted by atomic mass is 35.5. The maximum atomic E-state index is 12.6. The van der Waals surface area contributed by atoms with Gasteiger partial charge >= 0.3 is 12.1 Å². The first kappa shape index (κ1) is 21.9. The Labute approximate surface area is 167 Å². The molecule has 0 aliphatic carbocycles. The zero-order chi connectivity index (χ0) is 21.6. The number of carbonyl (C=O) groups excluding carboxylic acids is 1. The number of halogens is 4. The van der Waals surface area contributed by atoms with Crippen LogP contribution in [-0.4, -0.2) is 28.5 Å². The smallest absolute Gasteiger partial charge is 0.417 e. The number of esters is 1. The van der Waals surface area contributed by atoms with Crippen LogP contribution in [0, 0.1) is 21.4 Å². The van der Waals surface area contributed by atoms with Crippen LogP contribution < -0.4 is 5.32 Å². The van der Waals surface area contributed by atoms with Gasteiger partial charge < -0.3 is 10.1 Å². The highest BCUT2D eigenvalue weighted by Gasteiger charge is 2.31. The van der Waals surface area contributed by atoms with E-state index in [2.05, 4.69) is 10.3 Å². The number of hydrogen-bond acceptors (Lipinski definition) is 7. The summed E-state index contributed by atoms with van der Waals surface area (Å²) >= 11 is 5.78. The number of nitrogens with zero attached hydrogens (tertiary/aromatic N) is 3. The number of ether oxygens (including phenoxy) is 1. The summed E-state index contributed by atoms with van der Waals surface area (Å²) in [5, 5.41) is 22.0. The number of aromatic nitrogens is 1. The summed E-state index contributed by atoms with van der Waals surface area (Å²) in [5.74, 6) is -0.990. The minimum atomic E-state index is -4.60. The first-order valence-corrected chi connectivity index (χ1v) is 8.28. The fourth-order valence-corrected chi connectivity index (χ4v) is 2.39. The second-order valence-corrected chi connectivity index (χ2v) is 6.04. The molecule has 29 heavy (non-hydrogen) atoms. The van der Waals surface area contributed by atoms with E-state index in [-0.39, 0.29) is 35.1 Å². The van der Waals surface area contributed by atoms with E-state index in [1.165, 1.54) is 18.2 Å². The maximum absolute atomic E-state index is 12.6. The summed E-state index contributed by atoms with van der Waals surface area (Å²) in [6.07, 6.45) is -5.27. The molecule has 1 N–H and O–H groups in total. The van der Waals surface area contributed by atoms with Crippen LogP contribution in [0.3, 0.4) is 0 Å². The average molecular weight is 429 g/mol. The quantitative estimate of drug-likeness (QED) is 0.398. The van der Waals surface area contributed by atoms with Gasteiger partial charge in [-0.3, -0.25) is 10.1 Å². The second-order valence-electron chi connectivity index (χ2n) is 5.63. The molecule has 0 aliphatic heterocycles. The van der Waals surface area contributed by atoms with Gasteiger partial charge in [-0.25, -0.2) is 9.78 Å². The summed E-state index contributed by atoms with van der Waals surface area (Å²) in [6, 6.07) is 7.32. The first-order chi connectivity index (χ1) is 13.6. The van der Waals surface area contributed by atoms with Crippen molar-refractivity contribution in [2.24, 2.45) is 0 Å². The summed E-state index contributed by atoms with van der Waals surface area (Å²) in [4.78, 5) is 25.9. The number of nitro groups is 1. The Morgan fingerprint density at radius 2 is 2.14 bits per heavy atom. The highest BCUT2D eigenvalue weighted by molar-refractivity contribution is 6.32. The van der Waals surface area contributed by atoms with Crippen molar-refractivity contribution < 1.29 is 27.6 Å². The number of nitriles is 1. The van der Waals surface area contributed by atoms with Gasteiger partial charge in [0.25, 0.3) is 5.69 Å². The molecule has 1 atom stereocenters. The molecule has 152 valence electrons. The third kappa shape index (κ3) is 6.05. The van der Waals surface area contributed by atoms with Gasteiger partial charge in [0, 0.05) is 18.3 Å². The molecule has 0 aliphatic rings. The molecule has 2 aromatic rings. The third-order valence-electron chi connectivity index (χ3n) is 3.55. The topological polar surface area (TPSA) is 118 Å². The Morgan fingerprint density at radius 3 is 2.72 bits per heavy atom. The highest BCUT2D eigenvalue weighted by Crippen LogP contribution is 2.32. The molecule has 0 bridgehead atoms. The Morgan fingerprint density at radius 1 is 1.41 bits per heavy atom. The fraction of sp³-hybridized carbons (Fsp3) is 0.235. The predicted molar refractivity (Wildman–Crippen MR) is 95.3 cm³/mol. The lowest BCUT2D eigenvalue weighted by Crippen LogP contribution is -2.26. The minimum Gasteiger partial charge on any atom is -0.456 e. The molecule has 0 saturated heterocycles. The number of anilines is 1. The van der Waals surface area contributed by atoms with Crippen molar-refractivity contribution >= 4 is 29.1 Å². The molecule has 0 radical (unpaired) electrons. The number of non-ortho nitro benzene ring substituents is 1. The number of carbonyl (C=O) groups is 1. The Kier molecular flexibility index (Phi) is 6.95. The van der Waals surface area contributed by atoms with E-state index in [1.807, 2.05) is 0 Å². The van der Waals surface area contributed by atoms with Crippen LogP contribution in [0.15, 0.2) is 36.5 Å². The summed E-state index contributed by atoms with van der Waals surface area (Å²) in [5.41, 5.74) is -1.43. The molecule has 1 aromatic heterocycles. The van der Waals surface area contributed by atoms with E-state index in [9.17, 15) is 28.1 Å². The fourth-order valence-electron chi connectivity index (χ4n) is 2.16. The van der Waals surface area contributed by atoms with Gasteiger partial charge in [-0.2, -0.15) is 18.4 Å². The standard InChI is InChI=1S/C17H12ClF3N4O4/c18-14-7-11(17(19,20)21)8-23-15(14)24-9-13(4-5-22)29-16(26)10-2-1-3-12(6-10)25(27)28/h1-3,6-8,13H,4,9H2,(H,23,24)/t13-/m1/s1. The number of alkyl halides is 3. The van der Waals surface area contributed by atoms with E-state index in [4.69, 9.17) is 21.6 Å². The van der Waals surface area contributed by atoms with Crippen molar-refractivity contribution in [2.75, 3.05) is 11.9 Å². The van der Waals surface area contributed by atoms with Crippen molar-refractivity contribution in [1.29, 1.82) is 5.26 Å². The molecule has 12 heteroatoms. The van der Waals surface area contributed by atoms with Crippen molar-refractivity contribution in [3.05, 3.63) is 62.8 Å². The van der Waals surface area contributed by atoms with Crippen LogP contribution >= 0.6 is 11.6 Å². The molecule has 1 aromatic carbocycles. The molecule has 0 amide bonds. The molecule has 1 heterocycles. The molecule has 8 nitrogen and oxygen atoms in total. The molecule has 0 fully saturated rings. The maximum Gasteiger partial charge on any atom is 0.417 e. The Bertz CT molecular complexity index is 962. The van der Waals surface area contributed by atoms with Crippen molar-refractivity contribution in [2.45, 2.75) is 18.7 Å². The zero-order valence-electron chi connectivity index (χ0n) is 14.4. The molecule has 0 unspecified atom stereocenters. The van der Waals surface area contributed by atoms with Crippen LogP contribution in [0.4, 0.5) is 24.7 Å². The van der Waals surface area contributed by atoms with E-state index in [0.717, 1.165) is 6.07 Å². The predicted octanol–water partition coefficient (Wildman–Crippen LogP) is 4.21. The number of benzene rings is 1. The Balaban J connectivity index is 2.07. The van der Waals surface area contributed by atoms with Crippen LogP contribution in [0.1, 0.15) is 22.3 Å². The molecule has 0 saturated carbocycles. The van der Waals surface area contributed by atoms with E-state index >= 15 is 0 Å². The van der Waals surface area contributed by atoms with Gasteiger partial charge in [-0.15, -0.1) is 0 Å². The van der Waals surface area contributed by atoms with Gasteiger partial charge in [-0.1, -0.05) is 17.7 Å². The lowest BCUT2D eigenvalue weighted by Gasteiger charge is -2.17. The lowest BCUT2D eigenvalue weighted by atomic mass is 10.2.